The van der Waals surface area contributed by atoms with Crippen LogP contribution in [0.2, 0.25) is 0 Å². The maximum atomic E-state index is 11.6. The Labute approximate surface area is 114 Å². The lowest BCUT2D eigenvalue weighted by Gasteiger charge is -2.36. The number of nitrogens with zero attached hydrogens (tertiary/aromatic N) is 1. The predicted molar refractivity (Wildman–Crippen MR) is 74.7 cm³/mol. The van der Waals surface area contributed by atoms with Crippen molar-refractivity contribution in [3.05, 3.63) is 29.8 Å². The molecule has 0 radical (unpaired) electrons. The molecular weight excluding hydrogens is 242 g/mol. The summed E-state index contributed by atoms with van der Waals surface area (Å²) in [7, 11) is 1.91. The lowest BCUT2D eigenvalue weighted by atomic mass is 9.93. The number of rotatable bonds is 4. The molecule has 0 aromatic heterocycles. The second-order valence-electron chi connectivity index (χ2n) is 5.27. The van der Waals surface area contributed by atoms with Gasteiger partial charge in [0.25, 0.3) is 0 Å². The fourth-order valence-electron chi connectivity index (χ4n) is 2.54. The zero-order chi connectivity index (χ0) is 13.9. The van der Waals surface area contributed by atoms with Gasteiger partial charge < -0.3 is 14.7 Å². The number of carbonyl (C=O) groups is 1. The molecule has 1 heterocycles. The first-order chi connectivity index (χ1) is 9.02. The van der Waals surface area contributed by atoms with Crippen LogP contribution in [0.1, 0.15) is 30.1 Å². The third-order valence-corrected chi connectivity index (χ3v) is 3.65. The monoisotopic (exact) mass is 263 g/mol. The van der Waals surface area contributed by atoms with Crippen molar-refractivity contribution in [2.45, 2.75) is 25.4 Å². The highest BCUT2D eigenvalue weighted by atomic mass is 16.5. The molecule has 0 unspecified atom stereocenters. The molecule has 0 bridgehead atoms. The van der Waals surface area contributed by atoms with E-state index in [2.05, 4.69) is 0 Å². The first-order valence-electron chi connectivity index (χ1n) is 6.63. The molecule has 1 aromatic rings. The molecule has 0 aliphatic carbocycles. The Kier molecular flexibility index (Phi) is 4.22. The van der Waals surface area contributed by atoms with Gasteiger partial charge in [-0.15, -0.1) is 0 Å². The molecule has 1 N–H and O–H groups in total. The lowest BCUT2D eigenvalue weighted by Crippen LogP contribution is -2.46. The number of benzene rings is 1. The molecule has 1 aromatic carbocycles. The maximum absolute atomic E-state index is 11.6. The van der Waals surface area contributed by atoms with Crippen molar-refractivity contribution < 1.29 is 14.6 Å². The number of Topliss-reactive ketones (excluding diaryl/α,β-unsaturated/α-hetero) is 1. The van der Waals surface area contributed by atoms with Gasteiger partial charge in [0, 0.05) is 50.9 Å². The highest BCUT2D eigenvalue weighted by Crippen LogP contribution is 2.26. The van der Waals surface area contributed by atoms with E-state index in [1.165, 1.54) is 0 Å². The van der Waals surface area contributed by atoms with Crippen LogP contribution in [0.15, 0.2) is 24.3 Å². The highest BCUT2D eigenvalue weighted by Gasteiger charge is 2.31. The zero-order valence-corrected chi connectivity index (χ0v) is 11.6. The summed E-state index contributed by atoms with van der Waals surface area (Å²) < 4.78 is 5.28. The van der Waals surface area contributed by atoms with Crippen LogP contribution in [-0.2, 0) is 4.74 Å². The molecule has 1 fully saturated rings. The van der Waals surface area contributed by atoms with E-state index < -0.39 is 5.60 Å². The molecular formula is C15H21NO3. The largest absolute Gasteiger partial charge is 0.388 e. The van der Waals surface area contributed by atoms with Gasteiger partial charge in [-0.3, -0.25) is 4.79 Å². The number of para-hydroxylation sites is 1. The number of aliphatic hydroxyl groups is 1. The third-order valence-electron chi connectivity index (χ3n) is 3.65. The molecule has 4 nitrogen and oxygen atoms in total. The van der Waals surface area contributed by atoms with E-state index in [1.807, 2.05) is 36.2 Å². The Morgan fingerprint density at radius 1 is 1.37 bits per heavy atom. The zero-order valence-electron chi connectivity index (χ0n) is 11.6. The highest BCUT2D eigenvalue weighted by molar-refractivity contribution is 5.99. The van der Waals surface area contributed by atoms with Crippen molar-refractivity contribution in [1.29, 1.82) is 0 Å². The van der Waals surface area contributed by atoms with E-state index in [-0.39, 0.29) is 5.78 Å². The molecule has 4 heteroatoms. The Bertz CT molecular complexity index is 452. The summed E-state index contributed by atoms with van der Waals surface area (Å²) in [5.74, 6) is 0.0430. The summed E-state index contributed by atoms with van der Waals surface area (Å²) in [6, 6.07) is 7.51. The summed E-state index contributed by atoms with van der Waals surface area (Å²) in [4.78, 5) is 13.6. The number of likely N-dealkylation sites (N-methyl/N-ethyl adjacent to an activating group) is 1. The second-order valence-corrected chi connectivity index (χ2v) is 5.27. The smallest absolute Gasteiger partial charge is 0.161 e. The van der Waals surface area contributed by atoms with E-state index in [0.29, 0.717) is 38.2 Å². The molecule has 1 aliphatic rings. The minimum atomic E-state index is -0.725. The third kappa shape index (κ3) is 3.33. The quantitative estimate of drug-likeness (QED) is 0.843. The molecule has 19 heavy (non-hydrogen) atoms. The Morgan fingerprint density at radius 2 is 2.00 bits per heavy atom. The normalized spacial score (nSPS) is 18.1. The maximum Gasteiger partial charge on any atom is 0.161 e. The van der Waals surface area contributed by atoms with Crippen LogP contribution in [0, 0.1) is 0 Å². The Morgan fingerprint density at radius 3 is 2.63 bits per heavy atom. The van der Waals surface area contributed by atoms with Crippen molar-refractivity contribution in [2.24, 2.45) is 0 Å². The number of hydrogen-bond donors (Lipinski definition) is 1. The molecule has 2 rings (SSSR count). The fraction of sp³-hybridized carbons (Fsp3) is 0.533. The van der Waals surface area contributed by atoms with Crippen molar-refractivity contribution >= 4 is 11.5 Å². The van der Waals surface area contributed by atoms with Crippen molar-refractivity contribution in [2.75, 3.05) is 31.7 Å². The van der Waals surface area contributed by atoms with Gasteiger partial charge in [-0.2, -0.15) is 0 Å². The number of ether oxygens (including phenoxy) is 1. The van der Waals surface area contributed by atoms with Gasteiger partial charge in [-0.05, 0) is 19.1 Å². The van der Waals surface area contributed by atoms with Gasteiger partial charge in [-0.1, -0.05) is 12.1 Å². The van der Waals surface area contributed by atoms with Crippen LogP contribution in [0.5, 0.6) is 0 Å². The SMILES string of the molecule is CC(=O)c1ccccc1N(C)CC1(O)CCOCC1. The average molecular weight is 263 g/mol. The molecule has 1 saturated heterocycles. The van der Waals surface area contributed by atoms with E-state index in [1.54, 1.807) is 6.92 Å². The van der Waals surface area contributed by atoms with Crippen LogP contribution in [0.3, 0.4) is 0 Å². The first-order valence-corrected chi connectivity index (χ1v) is 6.63. The van der Waals surface area contributed by atoms with Gasteiger partial charge in [0.15, 0.2) is 5.78 Å². The Hall–Kier alpha value is -1.39. The van der Waals surface area contributed by atoms with E-state index in [9.17, 15) is 9.90 Å². The van der Waals surface area contributed by atoms with Crippen molar-refractivity contribution in [1.82, 2.24) is 0 Å². The van der Waals surface area contributed by atoms with Crippen LogP contribution in [0.4, 0.5) is 5.69 Å². The summed E-state index contributed by atoms with van der Waals surface area (Å²) in [5, 5.41) is 10.5. The standard InChI is InChI=1S/C15H21NO3/c1-12(17)13-5-3-4-6-14(13)16(2)11-15(18)7-9-19-10-8-15/h3-6,18H,7-11H2,1-2H3. The molecule has 0 spiro atoms. The first kappa shape index (κ1) is 14.0. The van der Waals surface area contributed by atoms with Crippen LogP contribution in [0.25, 0.3) is 0 Å². The topological polar surface area (TPSA) is 49.8 Å². The lowest BCUT2D eigenvalue weighted by molar-refractivity contribution is -0.0572. The number of ketones is 1. The number of carbonyl (C=O) groups excluding carboxylic acids is 1. The molecule has 0 amide bonds. The minimum absolute atomic E-state index is 0.0430. The number of anilines is 1. The van der Waals surface area contributed by atoms with Crippen LogP contribution in [-0.4, -0.2) is 43.3 Å². The summed E-state index contributed by atoms with van der Waals surface area (Å²) in [6.07, 6.45) is 1.28. The van der Waals surface area contributed by atoms with Gasteiger partial charge >= 0.3 is 0 Å². The molecule has 1 aliphatic heterocycles. The second kappa shape index (κ2) is 5.72. The average Bonchev–Trinajstić information content (AvgIpc) is 2.39. The van der Waals surface area contributed by atoms with E-state index in [0.717, 1.165) is 5.69 Å². The predicted octanol–water partition coefficient (Wildman–Crippen LogP) is 1.87. The van der Waals surface area contributed by atoms with Gasteiger partial charge in [0.2, 0.25) is 0 Å². The number of hydrogen-bond acceptors (Lipinski definition) is 4. The van der Waals surface area contributed by atoms with Gasteiger partial charge in [0.1, 0.15) is 0 Å². The fourth-order valence-corrected chi connectivity index (χ4v) is 2.54. The van der Waals surface area contributed by atoms with Crippen LogP contribution >= 0.6 is 0 Å². The molecule has 0 atom stereocenters. The summed E-state index contributed by atoms with van der Waals surface area (Å²) in [5.41, 5.74) is 0.840. The van der Waals surface area contributed by atoms with Gasteiger partial charge in [-0.25, -0.2) is 0 Å². The summed E-state index contributed by atoms with van der Waals surface area (Å²) >= 11 is 0. The molecule has 104 valence electrons. The van der Waals surface area contributed by atoms with Gasteiger partial charge in [0.05, 0.1) is 5.60 Å². The van der Waals surface area contributed by atoms with E-state index in [4.69, 9.17) is 4.74 Å². The Balaban J connectivity index is 2.15. The van der Waals surface area contributed by atoms with Crippen molar-refractivity contribution in [3.8, 4) is 0 Å². The minimum Gasteiger partial charge on any atom is -0.388 e. The van der Waals surface area contributed by atoms with Crippen LogP contribution < -0.4 is 4.90 Å². The summed E-state index contributed by atoms with van der Waals surface area (Å²) in [6.45, 7) is 3.27. The van der Waals surface area contributed by atoms with Crippen molar-refractivity contribution in [3.63, 3.8) is 0 Å². The van der Waals surface area contributed by atoms with E-state index >= 15 is 0 Å². The molecule has 0 saturated carbocycles.